The summed E-state index contributed by atoms with van der Waals surface area (Å²) in [6, 6.07) is 0. The second-order valence-corrected chi connectivity index (χ2v) is 2.49. The van der Waals surface area contributed by atoms with Crippen molar-refractivity contribution >= 4 is 11.8 Å². The maximum atomic E-state index is 10.8. The molecule has 0 spiro atoms. The Labute approximate surface area is 70.1 Å². The Morgan fingerprint density at radius 3 is 3.00 bits per heavy atom. The number of esters is 1. The zero-order chi connectivity index (χ0) is 8.97. The molecular weight excluding hydrogens is 160 g/mol. The van der Waals surface area contributed by atoms with E-state index in [1.807, 2.05) is 0 Å². The fourth-order valence-electron chi connectivity index (χ4n) is 0.951. The monoisotopic (exact) mass is 170 g/mol. The van der Waals surface area contributed by atoms with Gasteiger partial charge in [-0.2, -0.15) is 0 Å². The smallest absolute Gasteiger partial charge is 0.332 e. The van der Waals surface area contributed by atoms with Gasteiger partial charge in [0.2, 0.25) is 0 Å². The van der Waals surface area contributed by atoms with Crippen LogP contribution in [-0.4, -0.2) is 31.6 Å². The molecule has 1 atom stereocenters. The molecule has 0 aromatic heterocycles. The van der Waals surface area contributed by atoms with Gasteiger partial charge in [-0.25, -0.2) is 4.79 Å². The molecule has 0 heterocycles. The molecule has 0 bridgehead atoms. The van der Waals surface area contributed by atoms with Gasteiger partial charge < -0.3 is 9.47 Å². The highest BCUT2D eigenvalue weighted by Gasteiger charge is 2.19. The first-order valence-corrected chi connectivity index (χ1v) is 3.62. The highest BCUT2D eigenvalue weighted by molar-refractivity contribution is 5.93. The topological polar surface area (TPSA) is 52.6 Å². The molecule has 66 valence electrons. The molecule has 0 saturated heterocycles. The van der Waals surface area contributed by atoms with E-state index in [0.29, 0.717) is 0 Å². The zero-order valence-corrected chi connectivity index (χ0v) is 6.78. The van der Waals surface area contributed by atoms with Crippen LogP contribution in [0.4, 0.5) is 0 Å². The van der Waals surface area contributed by atoms with Gasteiger partial charge in [0.15, 0.2) is 5.78 Å². The summed E-state index contributed by atoms with van der Waals surface area (Å²) >= 11 is 0. The van der Waals surface area contributed by atoms with Gasteiger partial charge in [0, 0.05) is 7.11 Å². The molecule has 0 saturated carbocycles. The van der Waals surface area contributed by atoms with E-state index in [4.69, 9.17) is 4.74 Å². The van der Waals surface area contributed by atoms with E-state index in [-0.39, 0.29) is 24.9 Å². The van der Waals surface area contributed by atoms with E-state index in [1.54, 1.807) is 6.08 Å². The number of hydrogen-bond donors (Lipinski definition) is 0. The number of carbonyl (C=O) groups excluding carboxylic acids is 2. The highest BCUT2D eigenvalue weighted by Crippen LogP contribution is 2.09. The quantitative estimate of drug-likeness (QED) is 0.562. The molecule has 0 radical (unpaired) electrons. The number of allylic oxidation sites excluding steroid dienone is 1. The van der Waals surface area contributed by atoms with Gasteiger partial charge in [-0.1, -0.05) is 0 Å². The standard InChI is InChI=1S/C8H10O4/c1-11-5-8(10)12-7-3-2-6(9)4-7/h2-3,7H,4-5H2,1H3. The van der Waals surface area contributed by atoms with Crippen molar-refractivity contribution in [3.05, 3.63) is 12.2 Å². The van der Waals surface area contributed by atoms with Crippen molar-refractivity contribution in [2.24, 2.45) is 0 Å². The Morgan fingerprint density at radius 2 is 2.50 bits per heavy atom. The van der Waals surface area contributed by atoms with Gasteiger partial charge in [-0.3, -0.25) is 4.79 Å². The van der Waals surface area contributed by atoms with Gasteiger partial charge in [0.1, 0.15) is 12.7 Å². The van der Waals surface area contributed by atoms with E-state index >= 15 is 0 Å². The third kappa shape index (κ3) is 2.47. The fourth-order valence-corrected chi connectivity index (χ4v) is 0.951. The summed E-state index contributed by atoms with van der Waals surface area (Å²) < 4.78 is 9.41. The van der Waals surface area contributed by atoms with E-state index in [2.05, 4.69) is 4.74 Å². The maximum Gasteiger partial charge on any atom is 0.332 e. The van der Waals surface area contributed by atoms with Crippen molar-refractivity contribution in [2.45, 2.75) is 12.5 Å². The Morgan fingerprint density at radius 1 is 1.75 bits per heavy atom. The lowest BCUT2D eigenvalue weighted by Gasteiger charge is -2.07. The van der Waals surface area contributed by atoms with Crippen LogP contribution in [-0.2, 0) is 19.1 Å². The van der Waals surface area contributed by atoms with Crippen LogP contribution in [0.25, 0.3) is 0 Å². The van der Waals surface area contributed by atoms with Crippen molar-refractivity contribution in [1.29, 1.82) is 0 Å². The summed E-state index contributed by atoms with van der Waals surface area (Å²) in [5.41, 5.74) is 0. The molecule has 0 fully saturated rings. The van der Waals surface area contributed by atoms with Gasteiger partial charge in [0.25, 0.3) is 0 Å². The van der Waals surface area contributed by atoms with E-state index < -0.39 is 5.97 Å². The minimum atomic E-state index is -0.443. The number of hydrogen-bond acceptors (Lipinski definition) is 4. The number of methoxy groups -OCH3 is 1. The van der Waals surface area contributed by atoms with Crippen LogP contribution in [0.2, 0.25) is 0 Å². The second-order valence-electron chi connectivity index (χ2n) is 2.49. The predicted octanol–water partition coefficient (Wildman–Crippen LogP) is 0.0736. The Kier molecular flexibility index (Phi) is 2.99. The van der Waals surface area contributed by atoms with Gasteiger partial charge in [-0.05, 0) is 12.2 Å². The summed E-state index contributed by atoms with van der Waals surface area (Å²) in [7, 11) is 1.41. The Balaban J connectivity index is 2.28. The summed E-state index contributed by atoms with van der Waals surface area (Å²) in [5.74, 6) is -0.452. The first kappa shape index (κ1) is 8.93. The van der Waals surface area contributed by atoms with Crippen LogP contribution < -0.4 is 0 Å². The maximum absolute atomic E-state index is 10.8. The number of rotatable bonds is 3. The molecular formula is C8H10O4. The molecule has 1 unspecified atom stereocenters. The first-order chi connectivity index (χ1) is 5.72. The Hall–Kier alpha value is -1.16. The van der Waals surface area contributed by atoms with Crippen LogP contribution in [0.3, 0.4) is 0 Å². The molecule has 1 aliphatic rings. The molecule has 0 N–H and O–H groups in total. The van der Waals surface area contributed by atoms with Gasteiger partial charge >= 0.3 is 5.97 Å². The largest absolute Gasteiger partial charge is 0.456 e. The minimum Gasteiger partial charge on any atom is -0.456 e. The lowest BCUT2D eigenvalue weighted by atomic mass is 10.3. The normalized spacial score (nSPS) is 21.4. The van der Waals surface area contributed by atoms with Crippen molar-refractivity contribution < 1.29 is 19.1 Å². The van der Waals surface area contributed by atoms with Crippen LogP contribution in [0.5, 0.6) is 0 Å². The Bertz CT molecular complexity index is 219. The van der Waals surface area contributed by atoms with E-state index in [9.17, 15) is 9.59 Å². The average molecular weight is 170 g/mol. The van der Waals surface area contributed by atoms with Crippen LogP contribution in [0.1, 0.15) is 6.42 Å². The molecule has 0 aromatic rings. The van der Waals surface area contributed by atoms with Crippen molar-refractivity contribution in [1.82, 2.24) is 0 Å². The highest BCUT2D eigenvalue weighted by atomic mass is 16.6. The molecule has 0 aliphatic heterocycles. The van der Waals surface area contributed by atoms with E-state index in [1.165, 1.54) is 13.2 Å². The first-order valence-electron chi connectivity index (χ1n) is 3.62. The molecule has 0 aromatic carbocycles. The summed E-state index contributed by atoms with van der Waals surface area (Å²) in [4.78, 5) is 21.5. The van der Waals surface area contributed by atoms with Crippen molar-refractivity contribution in [3.63, 3.8) is 0 Å². The number of ether oxygens (including phenoxy) is 2. The fraction of sp³-hybridized carbons (Fsp3) is 0.500. The molecule has 12 heavy (non-hydrogen) atoms. The van der Waals surface area contributed by atoms with E-state index in [0.717, 1.165) is 0 Å². The van der Waals surface area contributed by atoms with Crippen LogP contribution >= 0.6 is 0 Å². The van der Waals surface area contributed by atoms with Crippen LogP contribution in [0, 0.1) is 0 Å². The third-order valence-corrected chi connectivity index (χ3v) is 1.44. The van der Waals surface area contributed by atoms with Crippen molar-refractivity contribution in [2.75, 3.05) is 13.7 Å². The summed E-state index contributed by atoms with van der Waals surface area (Å²) in [5, 5.41) is 0. The van der Waals surface area contributed by atoms with Crippen LogP contribution in [0.15, 0.2) is 12.2 Å². The summed E-state index contributed by atoms with van der Waals surface area (Å²) in [6.45, 7) is -0.0709. The average Bonchev–Trinajstić information content (AvgIpc) is 2.36. The van der Waals surface area contributed by atoms with Crippen molar-refractivity contribution in [3.8, 4) is 0 Å². The van der Waals surface area contributed by atoms with Gasteiger partial charge in [-0.15, -0.1) is 0 Å². The predicted molar refractivity (Wildman–Crippen MR) is 40.5 cm³/mol. The minimum absolute atomic E-state index is 0.00906. The summed E-state index contributed by atoms with van der Waals surface area (Å²) in [6.07, 6.45) is 2.87. The second kappa shape index (κ2) is 4.01. The molecule has 1 aliphatic carbocycles. The third-order valence-electron chi connectivity index (χ3n) is 1.44. The molecule has 0 amide bonds. The molecule has 4 heteroatoms. The number of ketones is 1. The lowest BCUT2D eigenvalue weighted by molar-refractivity contribution is -0.151. The molecule has 1 rings (SSSR count). The lowest BCUT2D eigenvalue weighted by Crippen LogP contribution is -2.18. The number of carbonyl (C=O) groups is 2. The van der Waals surface area contributed by atoms with Gasteiger partial charge in [0.05, 0.1) is 6.42 Å². The zero-order valence-electron chi connectivity index (χ0n) is 6.78. The molecule has 4 nitrogen and oxygen atoms in total. The SMILES string of the molecule is COCC(=O)OC1C=CC(=O)C1.